The number of carbonyl (C=O) groups excluding carboxylic acids is 1. The number of anilines is 1. The van der Waals surface area contributed by atoms with E-state index in [4.69, 9.17) is 26.8 Å². The molecule has 0 aliphatic carbocycles. The van der Waals surface area contributed by atoms with Crippen LogP contribution in [0.3, 0.4) is 0 Å². The van der Waals surface area contributed by atoms with Crippen molar-refractivity contribution < 1.29 is 19.4 Å². The van der Waals surface area contributed by atoms with Crippen LogP contribution >= 0.6 is 11.6 Å². The summed E-state index contributed by atoms with van der Waals surface area (Å²) in [5.74, 6) is 0.111. The number of hydrogen-bond acceptors (Lipinski definition) is 8. The number of ether oxygens (including phenoxy) is 2. The first kappa shape index (κ1) is 24.4. The molecule has 0 unspecified atom stereocenters. The van der Waals surface area contributed by atoms with Crippen LogP contribution in [0.4, 0.5) is 5.82 Å². The molecule has 10 nitrogen and oxygen atoms in total. The normalized spacial score (nSPS) is 12.0. The quantitative estimate of drug-likeness (QED) is 0.321. The van der Waals surface area contributed by atoms with Gasteiger partial charge in [0, 0.05) is 36.0 Å². The molecule has 182 valence electrons. The van der Waals surface area contributed by atoms with Crippen LogP contribution in [0, 0.1) is 0 Å². The third kappa shape index (κ3) is 5.19. The average molecular weight is 497 g/mol. The zero-order chi connectivity index (χ0) is 24.9. The summed E-state index contributed by atoms with van der Waals surface area (Å²) in [6.45, 7) is 0.555. The summed E-state index contributed by atoms with van der Waals surface area (Å²) in [5, 5.41) is 18.1. The van der Waals surface area contributed by atoms with Crippen LogP contribution in [0.15, 0.2) is 48.9 Å². The molecule has 1 aromatic carbocycles. The third-order valence-electron chi connectivity index (χ3n) is 5.50. The highest BCUT2D eigenvalue weighted by molar-refractivity contribution is 6.30. The molecule has 4 N–H and O–H groups in total. The number of aromatic nitrogens is 4. The Morgan fingerprint density at radius 1 is 1.23 bits per heavy atom. The first-order valence-electron chi connectivity index (χ1n) is 10.8. The number of hydrogen-bond donors (Lipinski definition) is 3. The Bertz CT molecular complexity index is 1340. The van der Waals surface area contributed by atoms with Gasteiger partial charge in [-0.2, -0.15) is 5.10 Å². The predicted octanol–water partition coefficient (Wildman–Crippen LogP) is 3.04. The first-order valence-corrected chi connectivity index (χ1v) is 11.2. The molecule has 4 rings (SSSR count). The van der Waals surface area contributed by atoms with Crippen LogP contribution in [0.5, 0.6) is 5.88 Å². The second-order valence-electron chi connectivity index (χ2n) is 7.79. The van der Waals surface area contributed by atoms with E-state index in [-0.39, 0.29) is 23.9 Å². The Hall–Kier alpha value is -3.73. The standard InChI is InChI=1S/C24H25ClN6O4/c1-34-12-16-10-19(31-21(16)22(26)29-13-30-31)15-9-18(24(35-2)28-11-15)23(33)27-8-7-20(32)14-3-5-17(25)6-4-14/h3-6,9-11,13,20,32H,7-8,12H2,1-2H3,(H,27,33)(H2,26,29,30)/t20-/m0/s1. The second kappa shape index (κ2) is 10.7. The molecule has 4 aromatic rings. The van der Waals surface area contributed by atoms with Crippen molar-refractivity contribution in [3.05, 3.63) is 70.6 Å². The fourth-order valence-corrected chi connectivity index (χ4v) is 3.93. The number of halogens is 1. The Balaban J connectivity index is 1.57. The zero-order valence-corrected chi connectivity index (χ0v) is 20.0. The summed E-state index contributed by atoms with van der Waals surface area (Å²) in [7, 11) is 3.03. The van der Waals surface area contributed by atoms with Gasteiger partial charge in [-0.15, -0.1) is 0 Å². The molecule has 1 amide bonds. The van der Waals surface area contributed by atoms with Gasteiger partial charge in [0.2, 0.25) is 5.88 Å². The van der Waals surface area contributed by atoms with Crippen molar-refractivity contribution in [2.75, 3.05) is 26.5 Å². The predicted molar refractivity (Wildman–Crippen MR) is 131 cm³/mol. The van der Waals surface area contributed by atoms with E-state index in [0.717, 1.165) is 11.1 Å². The van der Waals surface area contributed by atoms with Gasteiger partial charge in [-0.25, -0.2) is 14.5 Å². The number of nitrogens with two attached hydrogens (primary N) is 1. The summed E-state index contributed by atoms with van der Waals surface area (Å²) in [6.07, 6.45) is 2.54. The number of nitrogens with zero attached hydrogens (tertiary/aromatic N) is 4. The van der Waals surface area contributed by atoms with E-state index < -0.39 is 6.10 Å². The number of benzene rings is 1. The number of nitrogen functional groups attached to an aromatic ring is 1. The monoisotopic (exact) mass is 496 g/mol. The van der Waals surface area contributed by atoms with Crippen molar-refractivity contribution in [2.45, 2.75) is 19.1 Å². The van der Waals surface area contributed by atoms with E-state index in [2.05, 4.69) is 20.4 Å². The summed E-state index contributed by atoms with van der Waals surface area (Å²) in [6, 6.07) is 10.5. The van der Waals surface area contributed by atoms with E-state index in [1.165, 1.54) is 13.4 Å². The Morgan fingerprint density at radius 2 is 2.00 bits per heavy atom. The third-order valence-corrected chi connectivity index (χ3v) is 5.76. The van der Waals surface area contributed by atoms with Gasteiger partial charge in [0.05, 0.1) is 25.5 Å². The molecule has 0 bridgehead atoms. The summed E-state index contributed by atoms with van der Waals surface area (Å²) >= 11 is 5.90. The van der Waals surface area contributed by atoms with Crippen molar-refractivity contribution >= 4 is 28.8 Å². The number of methoxy groups -OCH3 is 2. The van der Waals surface area contributed by atoms with Crippen molar-refractivity contribution in [3.8, 4) is 17.1 Å². The largest absolute Gasteiger partial charge is 0.480 e. The summed E-state index contributed by atoms with van der Waals surface area (Å²) < 4.78 is 12.2. The van der Waals surface area contributed by atoms with Gasteiger partial charge >= 0.3 is 0 Å². The maximum atomic E-state index is 13.0. The number of fused-ring (bicyclic) bond motifs is 1. The molecule has 0 saturated heterocycles. The molecule has 0 aliphatic heterocycles. The van der Waals surface area contributed by atoms with Crippen LogP contribution < -0.4 is 15.8 Å². The van der Waals surface area contributed by atoms with Crippen LogP contribution in [0.25, 0.3) is 16.8 Å². The molecule has 0 saturated carbocycles. The Kier molecular flexibility index (Phi) is 7.45. The molecule has 0 aliphatic rings. The minimum Gasteiger partial charge on any atom is -0.480 e. The molecule has 0 fully saturated rings. The number of pyridine rings is 1. The molecule has 0 spiro atoms. The molecular weight excluding hydrogens is 472 g/mol. The van der Waals surface area contributed by atoms with E-state index >= 15 is 0 Å². The topological polar surface area (TPSA) is 137 Å². The minimum atomic E-state index is -0.740. The van der Waals surface area contributed by atoms with Gasteiger partial charge in [-0.1, -0.05) is 23.7 Å². The van der Waals surface area contributed by atoms with Crippen molar-refractivity contribution in [1.82, 2.24) is 24.9 Å². The van der Waals surface area contributed by atoms with Gasteiger partial charge < -0.3 is 25.6 Å². The Labute approximate surface area is 206 Å². The first-order chi connectivity index (χ1) is 16.9. The highest BCUT2D eigenvalue weighted by Crippen LogP contribution is 2.30. The van der Waals surface area contributed by atoms with E-state index in [9.17, 15) is 9.90 Å². The lowest BCUT2D eigenvalue weighted by Gasteiger charge is -2.13. The average Bonchev–Trinajstić information content (AvgIpc) is 3.23. The van der Waals surface area contributed by atoms with Gasteiger partial charge in [0.25, 0.3) is 5.91 Å². The lowest BCUT2D eigenvalue weighted by molar-refractivity contribution is 0.0939. The van der Waals surface area contributed by atoms with Crippen molar-refractivity contribution in [2.24, 2.45) is 0 Å². The highest BCUT2D eigenvalue weighted by atomic mass is 35.5. The van der Waals surface area contributed by atoms with E-state index in [1.807, 2.05) is 6.07 Å². The highest BCUT2D eigenvalue weighted by Gasteiger charge is 2.20. The number of aliphatic hydroxyl groups is 1. The minimum absolute atomic E-state index is 0.177. The number of carbonyl (C=O) groups is 1. The van der Waals surface area contributed by atoms with Gasteiger partial charge in [0.15, 0.2) is 5.82 Å². The number of aliphatic hydroxyl groups excluding tert-OH is 1. The van der Waals surface area contributed by atoms with Crippen molar-refractivity contribution in [3.63, 3.8) is 0 Å². The van der Waals surface area contributed by atoms with Crippen LogP contribution in [-0.2, 0) is 11.3 Å². The van der Waals surface area contributed by atoms with Gasteiger partial charge in [-0.3, -0.25) is 4.79 Å². The number of nitrogens with one attached hydrogen (secondary N) is 1. The molecule has 0 radical (unpaired) electrons. The molecule has 1 atom stereocenters. The van der Waals surface area contributed by atoms with E-state index in [0.29, 0.717) is 40.6 Å². The molecule has 35 heavy (non-hydrogen) atoms. The Morgan fingerprint density at radius 3 is 2.71 bits per heavy atom. The molecule has 3 aromatic heterocycles. The maximum Gasteiger partial charge on any atom is 0.256 e. The smallest absolute Gasteiger partial charge is 0.256 e. The fraction of sp³-hybridized carbons (Fsp3) is 0.250. The molecule has 3 heterocycles. The number of rotatable bonds is 9. The molecule has 11 heteroatoms. The van der Waals surface area contributed by atoms with Crippen LogP contribution in [-0.4, -0.2) is 51.4 Å². The fourth-order valence-electron chi connectivity index (χ4n) is 3.80. The summed E-state index contributed by atoms with van der Waals surface area (Å²) in [5.41, 5.74) is 9.78. The van der Waals surface area contributed by atoms with Crippen LogP contribution in [0.1, 0.15) is 34.0 Å². The maximum absolute atomic E-state index is 13.0. The van der Waals surface area contributed by atoms with Gasteiger partial charge in [0.1, 0.15) is 17.4 Å². The van der Waals surface area contributed by atoms with Crippen LogP contribution in [0.2, 0.25) is 5.02 Å². The lowest BCUT2D eigenvalue weighted by atomic mass is 10.1. The van der Waals surface area contributed by atoms with E-state index in [1.54, 1.807) is 48.2 Å². The summed E-state index contributed by atoms with van der Waals surface area (Å²) in [4.78, 5) is 21.4. The van der Waals surface area contributed by atoms with Gasteiger partial charge in [-0.05, 0) is 36.2 Å². The van der Waals surface area contributed by atoms with Crippen molar-refractivity contribution in [1.29, 1.82) is 0 Å². The second-order valence-corrected chi connectivity index (χ2v) is 8.22. The lowest BCUT2D eigenvalue weighted by Crippen LogP contribution is -2.26. The zero-order valence-electron chi connectivity index (χ0n) is 19.2. The molecular formula is C24H25ClN6O4. The SMILES string of the molecule is COCc1cc(-c2cnc(OC)c(C(=O)NCC[C@H](O)c3ccc(Cl)cc3)c2)n2ncnc(N)c12. The number of amides is 1.